The molecule has 0 aliphatic carbocycles. The molecule has 0 aliphatic heterocycles. The summed E-state index contributed by atoms with van der Waals surface area (Å²) in [6.45, 7) is 0. The van der Waals surface area contributed by atoms with Crippen molar-refractivity contribution in [2.75, 3.05) is 12.4 Å². The van der Waals surface area contributed by atoms with Crippen molar-refractivity contribution >= 4 is 55.6 Å². The molecule has 0 atom stereocenters. The van der Waals surface area contributed by atoms with Crippen LogP contribution in [0.25, 0.3) is 15.9 Å². The number of rotatable bonds is 3. The molecule has 2 aromatic heterocycles. The molecule has 0 aliphatic rings. The first-order valence-electron chi connectivity index (χ1n) is 7.50. The Balaban J connectivity index is 1.76. The number of ether oxygens (including phenoxy) is 1. The van der Waals surface area contributed by atoms with Gasteiger partial charge in [0.15, 0.2) is 0 Å². The Morgan fingerprint density at radius 2 is 2.12 bits per heavy atom. The fourth-order valence-electron chi connectivity index (χ4n) is 2.50. The average Bonchev–Trinajstić information content (AvgIpc) is 3.04. The summed E-state index contributed by atoms with van der Waals surface area (Å²) in [4.78, 5) is 29.1. The first kappa shape index (κ1) is 16.5. The van der Waals surface area contributed by atoms with E-state index in [4.69, 9.17) is 16.3 Å². The van der Waals surface area contributed by atoms with E-state index in [0.717, 1.165) is 0 Å². The van der Waals surface area contributed by atoms with Crippen LogP contribution in [0.1, 0.15) is 10.4 Å². The van der Waals surface area contributed by atoms with Crippen LogP contribution in [-0.4, -0.2) is 27.7 Å². The standard InChI is InChI=1S/C17H11ClN4O3S/c1-25-15(24)9-3-2-4-11(7-9)19-16-21-22-14(23)12-8-10(18)5-6-13(12)20-17(22)26-16/h2-8H,1H3,(H,19,21). The molecule has 1 N–H and O–H groups in total. The molecule has 4 rings (SSSR count). The summed E-state index contributed by atoms with van der Waals surface area (Å²) < 4.78 is 5.94. The molecule has 9 heteroatoms. The first-order valence-corrected chi connectivity index (χ1v) is 8.69. The number of anilines is 2. The van der Waals surface area contributed by atoms with Crippen LogP contribution in [0.4, 0.5) is 10.8 Å². The molecular weight excluding hydrogens is 376 g/mol. The number of hydrogen-bond donors (Lipinski definition) is 1. The van der Waals surface area contributed by atoms with Crippen LogP contribution < -0.4 is 10.9 Å². The van der Waals surface area contributed by atoms with Crippen LogP contribution in [0.3, 0.4) is 0 Å². The van der Waals surface area contributed by atoms with Crippen molar-refractivity contribution in [3.63, 3.8) is 0 Å². The van der Waals surface area contributed by atoms with Gasteiger partial charge in [-0.25, -0.2) is 9.78 Å². The molecular formula is C17H11ClN4O3S. The predicted octanol–water partition coefficient (Wildman–Crippen LogP) is 3.49. The van der Waals surface area contributed by atoms with E-state index in [9.17, 15) is 9.59 Å². The van der Waals surface area contributed by atoms with Gasteiger partial charge in [-0.1, -0.05) is 29.0 Å². The number of methoxy groups -OCH3 is 1. The van der Waals surface area contributed by atoms with Crippen molar-refractivity contribution in [1.29, 1.82) is 0 Å². The van der Waals surface area contributed by atoms with Crippen molar-refractivity contribution in [3.05, 3.63) is 63.4 Å². The maximum Gasteiger partial charge on any atom is 0.337 e. The van der Waals surface area contributed by atoms with Crippen LogP contribution in [0.15, 0.2) is 47.3 Å². The van der Waals surface area contributed by atoms with Gasteiger partial charge in [0.25, 0.3) is 5.56 Å². The number of aromatic nitrogens is 3. The molecule has 0 radical (unpaired) electrons. The maximum atomic E-state index is 12.6. The molecule has 2 aromatic carbocycles. The highest BCUT2D eigenvalue weighted by Gasteiger charge is 2.12. The highest BCUT2D eigenvalue weighted by molar-refractivity contribution is 7.20. The van der Waals surface area contributed by atoms with E-state index in [2.05, 4.69) is 15.4 Å². The Bertz CT molecular complexity index is 1220. The topological polar surface area (TPSA) is 85.6 Å². The molecule has 4 aromatic rings. The zero-order valence-electron chi connectivity index (χ0n) is 13.4. The third-order valence-corrected chi connectivity index (χ3v) is 4.75. The number of carbonyl (C=O) groups excluding carboxylic acids is 1. The number of esters is 1. The predicted molar refractivity (Wildman–Crippen MR) is 101 cm³/mol. The van der Waals surface area contributed by atoms with Gasteiger partial charge in [0.2, 0.25) is 10.1 Å². The van der Waals surface area contributed by atoms with Crippen LogP contribution in [-0.2, 0) is 4.74 Å². The van der Waals surface area contributed by atoms with Crippen LogP contribution >= 0.6 is 22.9 Å². The van der Waals surface area contributed by atoms with Gasteiger partial charge in [0.05, 0.1) is 23.6 Å². The summed E-state index contributed by atoms with van der Waals surface area (Å²) in [5.74, 6) is -0.432. The molecule has 2 heterocycles. The highest BCUT2D eigenvalue weighted by atomic mass is 35.5. The number of nitrogens with zero attached hydrogens (tertiary/aromatic N) is 3. The lowest BCUT2D eigenvalue weighted by molar-refractivity contribution is 0.0601. The fourth-order valence-corrected chi connectivity index (χ4v) is 3.49. The number of fused-ring (bicyclic) bond motifs is 2. The van der Waals surface area contributed by atoms with Crippen LogP contribution in [0, 0.1) is 0 Å². The SMILES string of the molecule is COC(=O)c1cccc(Nc2nn3c(=O)c4cc(Cl)ccc4nc3s2)c1. The molecule has 0 saturated heterocycles. The summed E-state index contributed by atoms with van der Waals surface area (Å²) in [7, 11) is 1.32. The van der Waals surface area contributed by atoms with Crippen LogP contribution in [0.2, 0.25) is 5.02 Å². The van der Waals surface area contributed by atoms with E-state index in [-0.39, 0.29) is 5.56 Å². The highest BCUT2D eigenvalue weighted by Crippen LogP contribution is 2.24. The minimum atomic E-state index is -0.432. The fraction of sp³-hybridized carbons (Fsp3) is 0.0588. The Kier molecular flexibility index (Phi) is 4.06. The second-order valence-electron chi connectivity index (χ2n) is 5.38. The third-order valence-electron chi connectivity index (χ3n) is 3.69. The van der Waals surface area contributed by atoms with Gasteiger partial charge in [0.1, 0.15) is 0 Å². The quantitative estimate of drug-likeness (QED) is 0.542. The lowest BCUT2D eigenvalue weighted by atomic mass is 10.2. The normalized spacial score (nSPS) is 11.0. The molecule has 0 spiro atoms. The van der Waals surface area contributed by atoms with E-state index in [1.807, 2.05) is 0 Å². The Labute approximate surface area is 155 Å². The number of hydrogen-bond acceptors (Lipinski definition) is 7. The zero-order valence-corrected chi connectivity index (χ0v) is 15.0. The Hall–Kier alpha value is -2.97. The van der Waals surface area contributed by atoms with Crippen molar-refractivity contribution in [1.82, 2.24) is 14.6 Å². The lowest BCUT2D eigenvalue weighted by Gasteiger charge is -2.04. The number of nitrogens with one attached hydrogen (secondary N) is 1. The third kappa shape index (κ3) is 2.89. The number of benzene rings is 2. The molecule has 130 valence electrons. The number of halogens is 1. The van der Waals surface area contributed by atoms with Gasteiger partial charge in [-0.15, -0.1) is 5.10 Å². The summed E-state index contributed by atoms with van der Waals surface area (Å²) in [5.41, 5.74) is 1.32. The van der Waals surface area contributed by atoms with E-state index in [1.165, 1.54) is 23.0 Å². The molecule has 0 unspecified atom stereocenters. The van der Waals surface area contributed by atoms with Crippen molar-refractivity contribution in [3.8, 4) is 0 Å². The monoisotopic (exact) mass is 386 g/mol. The zero-order chi connectivity index (χ0) is 18.3. The van der Waals surface area contributed by atoms with Crippen molar-refractivity contribution in [2.45, 2.75) is 0 Å². The molecule has 26 heavy (non-hydrogen) atoms. The first-order chi connectivity index (χ1) is 12.5. The second kappa shape index (κ2) is 6.40. The average molecular weight is 387 g/mol. The smallest absolute Gasteiger partial charge is 0.337 e. The van der Waals surface area contributed by atoms with Gasteiger partial charge in [-0.05, 0) is 36.4 Å². The minimum absolute atomic E-state index is 0.292. The summed E-state index contributed by atoms with van der Waals surface area (Å²) >= 11 is 7.19. The van der Waals surface area contributed by atoms with E-state index in [0.29, 0.717) is 37.3 Å². The summed E-state index contributed by atoms with van der Waals surface area (Å²) in [6, 6.07) is 11.8. The molecule has 0 saturated carbocycles. The Morgan fingerprint density at radius 3 is 2.92 bits per heavy atom. The Morgan fingerprint density at radius 1 is 1.27 bits per heavy atom. The van der Waals surface area contributed by atoms with Crippen LogP contribution in [0.5, 0.6) is 0 Å². The minimum Gasteiger partial charge on any atom is -0.465 e. The molecule has 7 nitrogen and oxygen atoms in total. The van der Waals surface area contributed by atoms with Gasteiger partial charge in [0, 0.05) is 10.7 Å². The van der Waals surface area contributed by atoms with E-state index < -0.39 is 5.97 Å². The number of carbonyl (C=O) groups is 1. The van der Waals surface area contributed by atoms with Crippen molar-refractivity contribution < 1.29 is 9.53 Å². The molecule has 0 bridgehead atoms. The molecule has 0 amide bonds. The molecule has 0 fully saturated rings. The maximum absolute atomic E-state index is 12.6. The van der Waals surface area contributed by atoms with Gasteiger partial charge >= 0.3 is 5.97 Å². The van der Waals surface area contributed by atoms with Gasteiger partial charge < -0.3 is 10.1 Å². The summed E-state index contributed by atoms with van der Waals surface area (Å²) in [6.07, 6.45) is 0. The summed E-state index contributed by atoms with van der Waals surface area (Å²) in [5, 5.41) is 8.69. The van der Waals surface area contributed by atoms with Gasteiger partial charge in [-0.3, -0.25) is 4.79 Å². The van der Waals surface area contributed by atoms with E-state index in [1.54, 1.807) is 42.5 Å². The van der Waals surface area contributed by atoms with E-state index >= 15 is 0 Å². The van der Waals surface area contributed by atoms with Crippen molar-refractivity contribution in [2.24, 2.45) is 0 Å². The van der Waals surface area contributed by atoms with Gasteiger partial charge in [-0.2, -0.15) is 4.52 Å². The second-order valence-corrected chi connectivity index (χ2v) is 6.77. The largest absolute Gasteiger partial charge is 0.465 e. The lowest BCUT2D eigenvalue weighted by Crippen LogP contribution is -2.15.